The number of rotatable bonds is 66. The van der Waals surface area contributed by atoms with Gasteiger partial charge >= 0.3 is 164 Å². The first-order valence-electron chi connectivity index (χ1n) is 23.5. The fourth-order valence-corrected chi connectivity index (χ4v) is 672. The van der Waals surface area contributed by atoms with E-state index in [1.807, 2.05) is 0 Å². The molecule has 51 nitrogen and oxygen atoms in total. The Labute approximate surface area is 675 Å². The lowest BCUT2D eigenvalue weighted by Gasteiger charge is -2.73. The van der Waals surface area contributed by atoms with Crippen LogP contribution in [0.1, 0.15) is 0 Å². The van der Waals surface area contributed by atoms with E-state index in [9.17, 15) is 163 Å². The third-order valence-electron chi connectivity index (χ3n) is 12.2. The highest BCUT2D eigenvalue weighted by Gasteiger charge is 3.05. The minimum Gasteiger partial charge on any atom is -0.439 e. The van der Waals surface area contributed by atoms with Gasteiger partial charge in [-0.15, -0.1) is 0 Å². The second-order valence-corrected chi connectivity index (χ2v) is 218. The van der Waals surface area contributed by atoms with Crippen LogP contribution in [-0.4, -0.2) is 600 Å². The maximum absolute atomic E-state index is 13.9. The van der Waals surface area contributed by atoms with Gasteiger partial charge < -0.3 is 233 Å². The van der Waals surface area contributed by atoms with Crippen LogP contribution in [0.25, 0.3) is 0 Å². The molecule has 0 aromatic rings. The zero-order valence-electron chi connectivity index (χ0n) is 49.1. The van der Waals surface area contributed by atoms with Gasteiger partial charge in [0.2, 0.25) is 171 Å². The highest BCUT2D eigenvalue weighted by Crippen LogP contribution is 2.57. The van der Waals surface area contributed by atoms with Crippen LogP contribution in [0.4, 0.5) is 0 Å². The highest BCUT2D eigenvalue weighted by molar-refractivity contribution is 8.30. The van der Waals surface area contributed by atoms with E-state index >= 15 is 0 Å². The fraction of sp³-hybridized carbons (Fsp3) is 1.00. The molecular weight excluding hydrogens is 2240 g/mol. The molecule has 0 saturated carbocycles. The average molecular weight is 2280 g/mol. The van der Waals surface area contributed by atoms with Gasteiger partial charge in [0.25, 0.3) is 102 Å². The quantitative estimate of drug-likeness (QED) is 0.0251. The van der Waals surface area contributed by atoms with Gasteiger partial charge in [-0.1, -0.05) is 0 Å². The van der Waals surface area contributed by atoms with Crippen molar-refractivity contribution < 1.29 is 233 Å². The maximum Gasteiger partial charge on any atom is 0.420 e. The van der Waals surface area contributed by atoms with E-state index in [2.05, 4.69) is 0 Å². The summed E-state index contributed by atoms with van der Waals surface area (Å²) in [6, 6.07) is 0. The van der Waals surface area contributed by atoms with Gasteiger partial charge in [0.05, 0.1) is 0 Å². The molecule has 34 N–H and O–H groups in total. The predicted molar refractivity (Wildman–Crippen MR) is 393 cm³/mol. The molecule has 554 valence electrons. The zero-order valence-corrected chi connectivity index (χ0v) is 99.1. The van der Waals surface area contributed by atoms with E-state index in [1.165, 1.54) is 0 Å². The fourth-order valence-electron chi connectivity index (χ4n) is 8.67. The molecule has 0 aliphatic heterocycles. The molecule has 2 atom stereocenters. The topological polar surface area (TPSA) is 845 Å². The van der Waals surface area contributed by atoms with E-state index < -0.39 is 437 Å². The molecule has 0 aliphatic rings. The Morgan fingerprint density at radius 2 is 0.340 bits per heavy atom. The smallest absolute Gasteiger partial charge is 0.420 e. The van der Waals surface area contributed by atoms with Crippen molar-refractivity contribution in [3.8, 4) is 0 Å². The summed E-state index contributed by atoms with van der Waals surface area (Å²) in [5.74, 6) is 0. The summed E-state index contributed by atoms with van der Waals surface area (Å²) in [5.41, 5.74) is 0. The zero-order chi connectivity index (χ0) is 79.9. The van der Waals surface area contributed by atoms with E-state index in [0.29, 0.717) is 13.1 Å². The van der Waals surface area contributed by atoms with Crippen molar-refractivity contribution >= 4 is 437 Å². The van der Waals surface area contributed by atoms with Gasteiger partial charge in [0, 0.05) is 0 Å². The van der Waals surface area contributed by atoms with Crippen molar-refractivity contribution in [2.75, 3.05) is 0 Å². The molecule has 2 unspecified atom stereocenters. The van der Waals surface area contributed by atoms with E-state index in [0.717, 1.165) is 0 Å². The molecule has 0 bridgehead atoms. The van der Waals surface area contributed by atoms with Gasteiger partial charge in [0.1, 0.15) is 0 Å². The molecule has 0 spiro atoms. The SMILES string of the molecule is C[Si](C)(O)O[Si](O[Si](O[Si](O[Si]O)([Si]O)[Si]O)([Si](O[Si]O)([Si]O)[Si]O)[Si](O[Si]O)([Si]O)[Si]O)([Si](O[Si](O[Si]O)([Si]O)[Si]O)([Si](O[Si]O)([Si]O)[Si]O)[Si](O[Si]O)([Si]O)[Si]O)[Si](O[Si](O[Si]O)([Si]O)[Si]O)([Si](O[Si]O)([Si]O)[Si]O)[Si](O[Si](O[Si]O)([Si]O)[Si]O)([Si](O[Si]O)([Si]O)[Si]O)[Si](O[Si]O)([Si]O)[Si]O. The number of hydrogen-bond donors (Lipinski definition) is 34. The Hall–Kier alpha value is 8.80. The van der Waals surface area contributed by atoms with E-state index in [1.54, 1.807) is 0 Å². The third kappa shape index (κ3) is 21.9. The first-order chi connectivity index (χ1) is 48.7. The van der Waals surface area contributed by atoms with Gasteiger partial charge in [-0.25, -0.2) is 0 Å². The lowest BCUT2D eigenvalue weighted by atomic mass is 11.9. The standard InChI is InChI=1S/C2H40O51Si50/c1-87(2,36)48-93(101(96(77-26,78-27)43-60-9,97(79-28,80-29)44-61-10)50-89(67-16,68-17)38-55-4,53-92(94(73-22,74-23)41-58-7,95(75-24,76-25)42-59-8)49-88(65-14,66-15)37-54-3)102(98(81-30,82-31)45-62-11,51-90(69-18,70-19)39-56-5)103(99(83-32,84-33)46-63-12,100(85-34,86-35)47-64-13)52-91(71-20,72-21)40-57-6/h3-36H,1-2H3. The Morgan fingerprint density at radius 3 is 0.534 bits per heavy atom. The molecule has 0 heterocycles. The second-order valence-electron chi connectivity index (χ2n) is 17.2. The monoisotopic (exact) mass is 2280 g/mol. The highest BCUT2D eigenvalue weighted by atomic mass is 30.5. The minimum absolute atomic E-state index is 0.533. The molecule has 0 amide bonds. The van der Waals surface area contributed by atoms with Crippen LogP contribution in [0.3, 0.4) is 0 Å². The summed E-state index contributed by atoms with van der Waals surface area (Å²) in [5, 5.41) is 0. The molecule has 103 heavy (non-hydrogen) atoms. The van der Waals surface area contributed by atoms with Crippen LogP contribution in [0, 0.1) is 0 Å². The normalized spacial score (nSPS) is 15.7. The van der Waals surface area contributed by atoms with E-state index in [4.69, 9.17) is 70.0 Å². The maximum atomic E-state index is 13.9. The Morgan fingerprint density at radius 1 is 0.165 bits per heavy atom. The van der Waals surface area contributed by atoms with Crippen molar-refractivity contribution in [3.63, 3.8) is 0 Å². The first-order valence-corrected chi connectivity index (χ1v) is 119. The van der Waals surface area contributed by atoms with E-state index in [-0.39, 0.29) is 0 Å². The molecule has 101 heteroatoms. The lowest BCUT2D eigenvalue weighted by Crippen LogP contribution is -3.18. The molecule has 66 radical (unpaired) electrons. The Balaban J connectivity index is 16.0. The van der Waals surface area contributed by atoms with Crippen molar-refractivity contribution in [1.82, 2.24) is 0 Å². The van der Waals surface area contributed by atoms with Crippen molar-refractivity contribution in [3.05, 3.63) is 0 Å². The van der Waals surface area contributed by atoms with Gasteiger partial charge in [0.15, 0.2) is 0 Å². The summed E-state index contributed by atoms with van der Waals surface area (Å²) in [7, 11) is -133. The molecule has 0 rings (SSSR count). The summed E-state index contributed by atoms with van der Waals surface area (Å²) in [6.07, 6.45) is 0. The van der Waals surface area contributed by atoms with Crippen LogP contribution in [0.15, 0.2) is 0 Å². The Kier molecular flexibility index (Phi) is 56.1. The second kappa shape index (κ2) is 51.7. The van der Waals surface area contributed by atoms with Crippen molar-refractivity contribution in [2.24, 2.45) is 0 Å². The number of hydrogen-bond acceptors (Lipinski definition) is 51. The molecule has 0 fully saturated rings. The summed E-state index contributed by atoms with van der Waals surface area (Å²) >= 11 is 0. The summed E-state index contributed by atoms with van der Waals surface area (Å²) in [4.78, 5) is 420. The van der Waals surface area contributed by atoms with Gasteiger partial charge in [-0.3, -0.25) is 0 Å². The first kappa shape index (κ1) is 112. The molecule has 0 aliphatic carbocycles. The Bertz CT molecular complexity index is 2170. The molecule has 0 aromatic carbocycles. The molecular formula is C2H40O51Si50. The average Bonchev–Trinajstić information content (AvgIpc) is 0.627. The third-order valence-corrected chi connectivity index (χ3v) is 380. The minimum atomic E-state index is -9.16. The van der Waals surface area contributed by atoms with Gasteiger partial charge in [-0.2, -0.15) is 0 Å². The van der Waals surface area contributed by atoms with Crippen LogP contribution in [0.5, 0.6) is 0 Å². The van der Waals surface area contributed by atoms with Crippen molar-refractivity contribution in [2.45, 2.75) is 13.1 Å². The molecule has 0 saturated heterocycles. The summed E-state index contributed by atoms with van der Waals surface area (Å²) in [6.45, 7) is -73.8. The summed E-state index contributed by atoms with van der Waals surface area (Å²) < 4.78 is 112. The lowest BCUT2D eigenvalue weighted by molar-refractivity contribution is 0.290. The van der Waals surface area contributed by atoms with Crippen LogP contribution < -0.4 is 0 Å². The van der Waals surface area contributed by atoms with Crippen LogP contribution >= 0.6 is 0 Å². The molecule has 0 aromatic heterocycles. The van der Waals surface area contributed by atoms with Gasteiger partial charge in [-0.05, 0) is 13.1 Å². The van der Waals surface area contributed by atoms with Crippen LogP contribution in [-0.2, 0) is 70.0 Å². The largest absolute Gasteiger partial charge is 0.439 e. The van der Waals surface area contributed by atoms with Crippen molar-refractivity contribution in [1.29, 1.82) is 0 Å². The van der Waals surface area contributed by atoms with Crippen LogP contribution in [0.2, 0.25) is 13.1 Å². The predicted octanol–water partition coefficient (Wildman–Crippen LogP) is -38.0.